The van der Waals surface area contributed by atoms with Crippen molar-refractivity contribution >= 4 is 11.8 Å². The summed E-state index contributed by atoms with van der Waals surface area (Å²) >= 11 is 0. The quantitative estimate of drug-likeness (QED) is 0.818. The van der Waals surface area contributed by atoms with Crippen LogP contribution in [0.25, 0.3) is 0 Å². The van der Waals surface area contributed by atoms with E-state index in [0.717, 1.165) is 64.0 Å². The Morgan fingerprint density at radius 3 is 2.54 bits per heavy atom. The summed E-state index contributed by atoms with van der Waals surface area (Å²) in [5.41, 5.74) is 2.21. The van der Waals surface area contributed by atoms with Crippen molar-refractivity contribution in [3.63, 3.8) is 0 Å². The number of hydrogen-bond acceptors (Lipinski definition) is 4. The number of rotatable bonds is 3. The molecule has 0 N–H and O–H groups in total. The SMILES string of the molecule is O=C(CN1CCN(C(=O)C2CCCc3cccnc32)CC1)N1CCCC1. The summed E-state index contributed by atoms with van der Waals surface area (Å²) in [5, 5.41) is 0. The van der Waals surface area contributed by atoms with Crippen LogP contribution in [0.3, 0.4) is 0 Å². The second-order valence-electron chi connectivity index (χ2n) is 7.68. The number of nitrogens with zero attached hydrogens (tertiary/aromatic N) is 4. The van der Waals surface area contributed by atoms with Crippen molar-refractivity contribution in [2.24, 2.45) is 0 Å². The van der Waals surface area contributed by atoms with E-state index in [1.807, 2.05) is 15.9 Å². The van der Waals surface area contributed by atoms with Gasteiger partial charge in [0.05, 0.1) is 18.2 Å². The number of carbonyl (C=O) groups is 2. The van der Waals surface area contributed by atoms with E-state index in [2.05, 4.69) is 16.0 Å². The first-order chi connectivity index (χ1) is 12.7. The van der Waals surface area contributed by atoms with Gasteiger partial charge in [0, 0.05) is 45.5 Å². The molecule has 2 aliphatic heterocycles. The molecule has 2 saturated heterocycles. The predicted octanol–water partition coefficient (Wildman–Crippen LogP) is 1.27. The molecular weight excluding hydrogens is 328 g/mol. The number of hydrogen-bond donors (Lipinski definition) is 0. The van der Waals surface area contributed by atoms with Gasteiger partial charge in [0.1, 0.15) is 0 Å². The van der Waals surface area contributed by atoms with Gasteiger partial charge in [-0.3, -0.25) is 19.5 Å². The van der Waals surface area contributed by atoms with E-state index >= 15 is 0 Å². The minimum Gasteiger partial charge on any atom is -0.342 e. The Kier molecular flexibility index (Phi) is 5.20. The van der Waals surface area contributed by atoms with Crippen molar-refractivity contribution in [1.29, 1.82) is 0 Å². The van der Waals surface area contributed by atoms with E-state index in [4.69, 9.17) is 0 Å². The van der Waals surface area contributed by atoms with Crippen LogP contribution in [0, 0.1) is 0 Å². The highest BCUT2D eigenvalue weighted by Gasteiger charge is 2.33. The van der Waals surface area contributed by atoms with Crippen LogP contribution in [0.15, 0.2) is 18.3 Å². The minimum absolute atomic E-state index is 0.0854. The zero-order valence-corrected chi connectivity index (χ0v) is 15.4. The van der Waals surface area contributed by atoms with Gasteiger partial charge >= 0.3 is 0 Å². The molecule has 4 rings (SSSR count). The van der Waals surface area contributed by atoms with Crippen LogP contribution in [-0.2, 0) is 16.0 Å². The molecule has 140 valence electrons. The molecule has 0 aromatic carbocycles. The standard InChI is InChI=1S/C20H28N4O2/c25-18(23-9-1-2-10-23)15-22-11-13-24(14-12-22)20(26)17-7-3-5-16-6-4-8-21-19(16)17/h4,6,8,17H,1-3,5,7,9-15H2. The highest BCUT2D eigenvalue weighted by molar-refractivity contribution is 5.84. The summed E-state index contributed by atoms with van der Waals surface area (Å²) in [6.45, 7) is 5.31. The number of pyridine rings is 1. The van der Waals surface area contributed by atoms with E-state index in [0.29, 0.717) is 19.6 Å². The van der Waals surface area contributed by atoms with Crippen LogP contribution in [0.1, 0.15) is 42.9 Å². The molecule has 26 heavy (non-hydrogen) atoms. The Labute approximate surface area is 155 Å². The molecule has 1 aliphatic carbocycles. The maximum Gasteiger partial charge on any atom is 0.236 e. The fraction of sp³-hybridized carbons (Fsp3) is 0.650. The lowest BCUT2D eigenvalue weighted by Crippen LogP contribution is -2.52. The third kappa shape index (κ3) is 3.61. The van der Waals surface area contributed by atoms with Crippen LogP contribution in [0.2, 0.25) is 0 Å². The summed E-state index contributed by atoms with van der Waals surface area (Å²) in [5.74, 6) is 0.376. The van der Waals surface area contributed by atoms with Crippen LogP contribution >= 0.6 is 0 Å². The van der Waals surface area contributed by atoms with E-state index in [-0.39, 0.29) is 17.7 Å². The Hall–Kier alpha value is -1.95. The maximum atomic E-state index is 13.0. The van der Waals surface area contributed by atoms with E-state index < -0.39 is 0 Å². The lowest BCUT2D eigenvalue weighted by Gasteiger charge is -2.37. The number of likely N-dealkylation sites (tertiary alicyclic amines) is 1. The second-order valence-corrected chi connectivity index (χ2v) is 7.68. The van der Waals surface area contributed by atoms with Gasteiger partial charge in [0.2, 0.25) is 11.8 Å². The first-order valence-corrected chi connectivity index (χ1v) is 9.95. The zero-order valence-electron chi connectivity index (χ0n) is 15.4. The second kappa shape index (κ2) is 7.74. The Balaban J connectivity index is 1.32. The molecule has 1 unspecified atom stereocenters. The summed E-state index contributed by atoms with van der Waals surface area (Å²) < 4.78 is 0. The van der Waals surface area contributed by atoms with E-state index in [9.17, 15) is 9.59 Å². The van der Waals surface area contributed by atoms with Crippen LogP contribution in [0.4, 0.5) is 0 Å². The number of piperazine rings is 1. The molecule has 3 aliphatic rings. The average molecular weight is 356 g/mol. The van der Waals surface area contributed by atoms with Crippen LogP contribution < -0.4 is 0 Å². The lowest BCUT2D eigenvalue weighted by atomic mass is 9.85. The molecule has 0 spiro atoms. The Bertz CT molecular complexity index is 664. The summed E-state index contributed by atoms with van der Waals surface area (Å²) in [4.78, 5) is 36.0. The van der Waals surface area contributed by atoms with Crippen LogP contribution in [-0.4, -0.2) is 77.3 Å². The third-order valence-electron chi connectivity index (χ3n) is 5.99. The predicted molar refractivity (Wildman–Crippen MR) is 98.8 cm³/mol. The molecule has 1 aromatic rings. The van der Waals surface area contributed by atoms with Crippen LogP contribution in [0.5, 0.6) is 0 Å². The molecule has 3 heterocycles. The number of aryl methyl sites for hydroxylation is 1. The van der Waals surface area contributed by atoms with Crippen molar-refractivity contribution in [2.45, 2.75) is 38.0 Å². The topological polar surface area (TPSA) is 56.8 Å². The maximum absolute atomic E-state index is 13.0. The summed E-state index contributed by atoms with van der Waals surface area (Å²) in [6, 6.07) is 4.06. The number of fused-ring (bicyclic) bond motifs is 1. The Morgan fingerprint density at radius 1 is 1.00 bits per heavy atom. The molecule has 0 bridgehead atoms. The number of aromatic nitrogens is 1. The van der Waals surface area contributed by atoms with Crippen molar-refractivity contribution in [1.82, 2.24) is 19.7 Å². The highest BCUT2D eigenvalue weighted by Crippen LogP contribution is 2.31. The molecule has 1 atom stereocenters. The number of amides is 2. The van der Waals surface area contributed by atoms with Gasteiger partial charge in [-0.25, -0.2) is 0 Å². The zero-order chi connectivity index (χ0) is 17.9. The van der Waals surface area contributed by atoms with Crippen molar-refractivity contribution in [3.05, 3.63) is 29.6 Å². The summed E-state index contributed by atoms with van der Waals surface area (Å²) in [7, 11) is 0. The molecule has 0 saturated carbocycles. The third-order valence-corrected chi connectivity index (χ3v) is 5.99. The molecule has 2 amide bonds. The van der Waals surface area contributed by atoms with Gasteiger partial charge in [-0.05, 0) is 43.7 Å². The van der Waals surface area contributed by atoms with E-state index in [1.54, 1.807) is 6.20 Å². The first-order valence-electron chi connectivity index (χ1n) is 9.95. The molecule has 0 radical (unpaired) electrons. The highest BCUT2D eigenvalue weighted by atomic mass is 16.2. The smallest absolute Gasteiger partial charge is 0.236 e. The van der Waals surface area contributed by atoms with Gasteiger partial charge in [-0.1, -0.05) is 6.07 Å². The fourth-order valence-corrected chi connectivity index (χ4v) is 4.45. The van der Waals surface area contributed by atoms with Gasteiger partial charge in [0.25, 0.3) is 0 Å². The minimum atomic E-state index is -0.0854. The van der Waals surface area contributed by atoms with Gasteiger partial charge in [-0.15, -0.1) is 0 Å². The van der Waals surface area contributed by atoms with Gasteiger partial charge in [0.15, 0.2) is 0 Å². The molecule has 6 nitrogen and oxygen atoms in total. The normalized spacial score (nSPS) is 23.8. The van der Waals surface area contributed by atoms with E-state index in [1.165, 1.54) is 5.56 Å². The average Bonchev–Trinajstić information content (AvgIpc) is 3.23. The largest absolute Gasteiger partial charge is 0.342 e. The number of carbonyl (C=O) groups excluding carboxylic acids is 2. The summed E-state index contributed by atoms with van der Waals surface area (Å²) in [6.07, 6.45) is 7.04. The molecule has 2 fully saturated rings. The molecule has 6 heteroatoms. The van der Waals surface area contributed by atoms with Gasteiger partial charge in [-0.2, -0.15) is 0 Å². The first kappa shape index (κ1) is 17.5. The van der Waals surface area contributed by atoms with Crippen molar-refractivity contribution < 1.29 is 9.59 Å². The molecular formula is C20H28N4O2. The molecule has 1 aromatic heterocycles. The van der Waals surface area contributed by atoms with Crippen molar-refractivity contribution in [2.75, 3.05) is 45.8 Å². The van der Waals surface area contributed by atoms with Crippen molar-refractivity contribution in [3.8, 4) is 0 Å². The monoisotopic (exact) mass is 356 g/mol. The van der Waals surface area contributed by atoms with Gasteiger partial charge < -0.3 is 9.80 Å². The lowest BCUT2D eigenvalue weighted by molar-refractivity contribution is -0.136. The Morgan fingerprint density at radius 2 is 1.77 bits per heavy atom. The fourth-order valence-electron chi connectivity index (χ4n) is 4.45.